The van der Waals surface area contributed by atoms with Gasteiger partial charge in [-0.2, -0.15) is 0 Å². The Bertz CT molecular complexity index is 432. The SMILES string of the molecule is CC(C)CCOCCN(C)CCc1ccccc1C(=O)O. The van der Waals surface area contributed by atoms with E-state index >= 15 is 0 Å². The second-order valence-corrected chi connectivity index (χ2v) is 5.81. The molecule has 1 N–H and O–H groups in total. The van der Waals surface area contributed by atoms with Gasteiger partial charge in [-0.15, -0.1) is 0 Å². The van der Waals surface area contributed by atoms with E-state index in [0.717, 1.165) is 44.7 Å². The lowest BCUT2D eigenvalue weighted by Crippen LogP contribution is -2.26. The molecule has 0 aliphatic rings. The number of nitrogens with zero attached hydrogens (tertiary/aromatic N) is 1. The van der Waals surface area contributed by atoms with E-state index < -0.39 is 5.97 Å². The van der Waals surface area contributed by atoms with E-state index in [0.29, 0.717) is 11.5 Å². The van der Waals surface area contributed by atoms with Crippen LogP contribution in [0.1, 0.15) is 36.2 Å². The van der Waals surface area contributed by atoms with E-state index in [9.17, 15) is 4.79 Å². The largest absolute Gasteiger partial charge is 0.478 e. The molecule has 4 heteroatoms. The van der Waals surface area contributed by atoms with Crippen LogP contribution in [0.4, 0.5) is 0 Å². The van der Waals surface area contributed by atoms with Crippen molar-refractivity contribution in [1.29, 1.82) is 0 Å². The first-order chi connectivity index (χ1) is 10.0. The Labute approximate surface area is 127 Å². The third-order valence-corrected chi connectivity index (χ3v) is 3.47. The molecule has 0 aromatic heterocycles. The summed E-state index contributed by atoms with van der Waals surface area (Å²) in [6, 6.07) is 7.19. The van der Waals surface area contributed by atoms with Crippen LogP contribution in [0.5, 0.6) is 0 Å². The van der Waals surface area contributed by atoms with Gasteiger partial charge >= 0.3 is 5.97 Å². The highest BCUT2D eigenvalue weighted by Gasteiger charge is 2.09. The third-order valence-electron chi connectivity index (χ3n) is 3.47. The topological polar surface area (TPSA) is 49.8 Å². The van der Waals surface area contributed by atoms with E-state index in [-0.39, 0.29) is 0 Å². The molecule has 0 aliphatic heterocycles. The standard InChI is InChI=1S/C17H27NO3/c1-14(2)9-12-21-13-11-18(3)10-8-15-6-4-5-7-16(15)17(19)20/h4-7,14H,8-13H2,1-3H3,(H,19,20). The minimum atomic E-state index is -0.856. The molecular formula is C17H27NO3. The van der Waals surface area contributed by atoms with Crippen molar-refractivity contribution in [2.24, 2.45) is 5.92 Å². The second-order valence-electron chi connectivity index (χ2n) is 5.81. The predicted molar refractivity (Wildman–Crippen MR) is 84.9 cm³/mol. The summed E-state index contributed by atoms with van der Waals surface area (Å²) in [5.74, 6) is -0.180. The van der Waals surface area contributed by atoms with Gasteiger partial charge in [0.1, 0.15) is 0 Å². The van der Waals surface area contributed by atoms with Crippen LogP contribution in [-0.2, 0) is 11.2 Å². The average Bonchev–Trinajstić information content (AvgIpc) is 2.44. The first-order valence-electron chi connectivity index (χ1n) is 7.58. The normalized spacial score (nSPS) is 11.3. The number of carboxylic acid groups (broad SMARTS) is 1. The summed E-state index contributed by atoms with van der Waals surface area (Å²) in [5, 5.41) is 9.14. The molecule has 0 amide bonds. The molecule has 0 saturated carbocycles. The predicted octanol–water partition coefficient (Wildman–Crippen LogP) is 2.92. The lowest BCUT2D eigenvalue weighted by molar-refractivity contribution is 0.0695. The molecule has 0 radical (unpaired) electrons. The fraction of sp³-hybridized carbons (Fsp3) is 0.588. The van der Waals surface area contributed by atoms with Crippen molar-refractivity contribution < 1.29 is 14.6 Å². The van der Waals surface area contributed by atoms with E-state index in [1.807, 2.05) is 19.2 Å². The summed E-state index contributed by atoms with van der Waals surface area (Å²) in [4.78, 5) is 13.3. The molecule has 0 saturated heterocycles. The second kappa shape index (κ2) is 9.53. The molecule has 0 spiro atoms. The molecular weight excluding hydrogens is 266 g/mol. The number of carboxylic acids is 1. The van der Waals surface area contributed by atoms with Crippen LogP contribution in [0.15, 0.2) is 24.3 Å². The van der Waals surface area contributed by atoms with E-state index in [1.165, 1.54) is 0 Å². The Kier molecular flexibility index (Phi) is 8.01. The zero-order valence-corrected chi connectivity index (χ0v) is 13.3. The van der Waals surface area contributed by atoms with E-state index in [4.69, 9.17) is 9.84 Å². The number of likely N-dealkylation sites (N-methyl/N-ethyl adjacent to an activating group) is 1. The van der Waals surface area contributed by atoms with Crippen molar-refractivity contribution in [2.45, 2.75) is 26.7 Å². The molecule has 1 aromatic carbocycles. The Morgan fingerprint density at radius 1 is 1.24 bits per heavy atom. The Hall–Kier alpha value is -1.39. The zero-order chi connectivity index (χ0) is 15.7. The first-order valence-corrected chi connectivity index (χ1v) is 7.58. The van der Waals surface area contributed by atoms with Crippen LogP contribution >= 0.6 is 0 Å². The van der Waals surface area contributed by atoms with Gasteiger partial charge in [-0.25, -0.2) is 4.79 Å². The van der Waals surface area contributed by atoms with Gasteiger partial charge in [-0.05, 0) is 37.4 Å². The summed E-state index contributed by atoms with van der Waals surface area (Å²) in [7, 11) is 2.04. The summed E-state index contributed by atoms with van der Waals surface area (Å²) in [6.07, 6.45) is 1.83. The lowest BCUT2D eigenvalue weighted by Gasteiger charge is -2.17. The van der Waals surface area contributed by atoms with Crippen LogP contribution < -0.4 is 0 Å². The van der Waals surface area contributed by atoms with Gasteiger partial charge < -0.3 is 14.7 Å². The van der Waals surface area contributed by atoms with Crippen LogP contribution in [0, 0.1) is 5.92 Å². The molecule has 0 atom stereocenters. The van der Waals surface area contributed by atoms with Crippen molar-refractivity contribution in [1.82, 2.24) is 4.90 Å². The third kappa shape index (κ3) is 7.25. The minimum absolute atomic E-state index is 0.402. The van der Waals surface area contributed by atoms with Crippen molar-refractivity contribution >= 4 is 5.97 Å². The molecule has 0 unspecified atom stereocenters. The molecule has 4 nitrogen and oxygen atoms in total. The highest BCUT2D eigenvalue weighted by molar-refractivity contribution is 5.89. The lowest BCUT2D eigenvalue weighted by atomic mass is 10.0. The molecule has 0 bridgehead atoms. The minimum Gasteiger partial charge on any atom is -0.478 e. The van der Waals surface area contributed by atoms with Gasteiger partial charge in [-0.3, -0.25) is 0 Å². The smallest absolute Gasteiger partial charge is 0.335 e. The number of hydrogen-bond acceptors (Lipinski definition) is 3. The summed E-state index contributed by atoms with van der Waals surface area (Å²) < 4.78 is 5.59. The Morgan fingerprint density at radius 3 is 2.62 bits per heavy atom. The molecule has 1 aromatic rings. The molecule has 0 heterocycles. The van der Waals surface area contributed by atoms with E-state index in [1.54, 1.807) is 12.1 Å². The molecule has 1 rings (SSSR count). The highest BCUT2D eigenvalue weighted by atomic mass is 16.5. The van der Waals surface area contributed by atoms with Gasteiger partial charge in [0.2, 0.25) is 0 Å². The molecule has 0 aliphatic carbocycles. The van der Waals surface area contributed by atoms with Crippen LogP contribution in [0.25, 0.3) is 0 Å². The summed E-state index contributed by atoms with van der Waals surface area (Å²) in [6.45, 7) is 7.62. The molecule has 0 fully saturated rings. The van der Waals surface area contributed by atoms with E-state index in [2.05, 4.69) is 18.7 Å². The summed E-state index contributed by atoms with van der Waals surface area (Å²) in [5.41, 5.74) is 1.29. The number of benzene rings is 1. The maximum Gasteiger partial charge on any atom is 0.335 e. The average molecular weight is 293 g/mol. The van der Waals surface area contributed by atoms with Crippen molar-refractivity contribution in [2.75, 3.05) is 33.4 Å². The fourth-order valence-electron chi connectivity index (χ4n) is 2.01. The van der Waals surface area contributed by atoms with Gasteiger partial charge in [0, 0.05) is 19.7 Å². The molecule has 118 valence electrons. The quantitative estimate of drug-likeness (QED) is 0.674. The van der Waals surface area contributed by atoms with Gasteiger partial charge in [0.15, 0.2) is 0 Å². The Balaban J connectivity index is 2.27. The van der Waals surface area contributed by atoms with Gasteiger partial charge in [0.05, 0.1) is 12.2 Å². The van der Waals surface area contributed by atoms with Crippen LogP contribution in [-0.4, -0.2) is 49.3 Å². The number of ether oxygens (including phenoxy) is 1. The highest BCUT2D eigenvalue weighted by Crippen LogP contribution is 2.10. The van der Waals surface area contributed by atoms with Crippen molar-refractivity contribution in [3.63, 3.8) is 0 Å². The number of carbonyl (C=O) groups is 1. The Morgan fingerprint density at radius 2 is 1.95 bits per heavy atom. The van der Waals surface area contributed by atoms with Crippen molar-refractivity contribution in [3.8, 4) is 0 Å². The monoisotopic (exact) mass is 293 g/mol. The summed E-state index contributed by atoms with van der Waals surface area (Å²) >= 11 is 0. The number of rotatable bonds is 10. The van der Waals surface area contributed by atoms with Crippen LogP contribution in [0.2, 0.25) is 0 Å². The number of aromatic carboxylic acids is 1. The van der Waals surface area contributed by atoms with Crippen LogP contribution in [0.3, 0.4) is 0 Å². The fourth-order valence-corrected chi connectivity index (χ4v) is 2.01. The molecule has 21 heavy (non-hydrogen) atoms. The zero-order valence-electron chi connectivity index (χ0n) is 13.3. The van der Waals surface area contributed by atoms with Gasteiger partial charge in [0.25, 0.3) is 0 Å². The van der Waals surface area contributed by atoms with Crippen molar-refractivity contribution in [3.05, 3.63) is 35.4 Å². The maximum atomic E-state index is 11.1. The van der Waals surface area contributed by atoms with Gasteiger partial charge in [-0.1, -0.05) is 32.0 Å². The maximum absolute atomic E-state index is 11.1. The first kappa shape index (κ1) is 17.7. The number of hydrogen-bond donors (Lipinski definition) is 1.